The van der Waals surface area contributed by atoms with E-state index in [1.165, 1.54) is 16.2 Å². The number of hydrogen-bond acceptors (Lipinski definition) is 6. The number of anilines is 1. The molecule has 0 saturated carbocycles. The van der Waals surface area contributed by atoms with E-state index in [1.54, 1.807) is 17.2 Å². The number of thioether (sulfide) groups is 1. The normalized spacial score (nSPS) is 15.9. The Hall–Kier alpha value is -2.19. The third-order valence-electron chi connectivity index (χ3n) is 4.65. The summed E-state index contributed by atoms with van der Waals surface area (Å²) in [7, 11) is 0. The molecule has 1 aliphatic heterocycles. The number of carbonyl (C=O) groups excluding carboxylic acids is 1. The number of pyridine rings is 1. The van der Waals surface area contributed by atoms with Gasteiger partial charge in [0, 0.05) is 19.3 Å². The standard InChI is InChI=1S/C21H26N4O2S2/c1-5-6-9-25-20(27)16(29-21(25)28)11-15-17(22-12-13(2)3)23-18-14(4)8-7-10-24(18)19(15)26/h7-8,10-11,13,22H,5-6,9,12H2,1-4H3/b16-11-. The zero-order chi connectivity index (χ0) is 21.1. The third kappa shape index (κ3) is 4.53. The van der Waals surface area contributed by atoms with Gasteiger partial charge in [0.25, 0.3) is 11.5 Å². The molecule has 1 fully saturated rings. The molecule has 0 radical (unpaired) electrons. The molecule has 0 atom stereocenters. The molecule has 154 valence electrons. The Balaban J connectivity index is 2.10. The highest BCUT2D eigenvalue weighted by Crippen LogP contribution is 2.33. The van der Waals surface area contributed by atoms with Crippen LogP contribution >= 0.6 is 24.0 Å². The Morgan fingerprint density at radius 3 is 2.79 bits per heavy atom. The minimum absolute atomic E-state index is 0.142. The molecule has 0 spiro atoms. The number of fused-ring (bicyclic) bond motifs is 1. The Morgan fingerprint density at radius 1 is 1.34 bits per heavy atom. The lowest BCUT2D eigenvalue weighted by molar-refractivity contribution is -0.122. The van der Waals surface area contributed by atoms with Gasteiger partial charge in [0.2, 0.25) is 0 Å². The van der Waals surface area contributed by atoms with Crippen LogP contribution in [0, 0.1) is 12.8 Å². The number of aromatic nitrogens is 2. The molecule has 1 saturated heterocycles. The van der Waals surface area contributed by atoms with Gasteiger partial charge < -0.3 is 5.32 Å². The molecule has 1 amide bonds. The molecule has 6 nitrogen and oxygen atoms in total. The van der Waals surface area contributed by atoms with Crippen LogP contribution in [0.25, 0.3) is 11.7 Å². The highest BCUT2D eigenvalue weighted by Gasteiger charge is 2.32. The first kappa shape index (κ1) is 21.5. The highest BCUT2D eigenvalue weighted by atomic mass is 32.2. The van der Waals surface area contributed by atoms with Gasteiger partial charge in [0.15, 0.2) is 0 Å². The maximum Gasteiger partial charge on any atom is 0.267 e. The van der Waals surface area contributed by atoms with E-state index in [1.807, 2.05) is 19.1 Å². The highest BCUT2D eigenvalue weighted by molar-refractivity contribution is 8.26. The molecule has 3 rings (SSSR count). The maximum absolute atomic E-state index is 13.2. The lowest BCUT2D eigenvalue weighted by Gasteiger charge is -2.14. The van der Waals surface area contributed by atoms with E-state index in [0.717, 1.165) is 18.4 Å². The second kappa shape index (κ2) is 9.09. The number of aryl methyl sites for hydroxylation is 1. The quantitative estimate of drug-likeness (QED) is 0.528. The van der Waals surface area contributed by atoms with Crippen LogP contribution < -0.4 is 10.9 Å². The summed E-state index contributed by atoms with van der Waals surface area (Å²) >= 11 is 6.62. The molecular formula is C21H26N4O2S2. The van der Waals surface area contributed by atoms with Crippen molar-refractivity contribution >= 4 is 51.7 Å². The number of nitrogens with one attached hydrogen (secondary N) is 1. The molecule has 0 unspecified atom stereocenters. The Bertz CT molecular complexity index is 1040. The van der Waals surface area contributed by atoms with Crippen LogP contribution in [0.2, 0.25) is 0 Å². The first-order valence-corrected chi connectivity index (χ1v) is 11.1. The minimum Gasteiger partial charge on any atom is -0.369 e. The number of unbranched alkanes of at least 4 members (excludes halogenated alkanes) is 1. The zero-order valence-electron chi connectivity index (χ0n) is 17.2. The van der Waals surface area contributed by atoms with Crippen LogP contribution in [0.4, 0.5) is 5.82 Å². The van der Waals surface area contributed by atoms with Crippen molar-refractivity contribution < 1.29 is 4.79 Å². The summed E-state index contributed by atoms with van der Waals surface area (Å²) in [5.41, 5.74) is 1.69. The van der Waals surface area contributed by atoms with E-state index in [4.69, 9.17) is 17.2 Å². The average molecular weight is 431 g/mol. The van der Waals surface area contributed by atoms with Gasteiger partial charge in [-0.3, -0.25) is 18.9 Å². The molecule has 2 aromatic heterocycles. The van der Waals surface area contributed by atoms with Gasteiger partial charge in [0.05, 0.1) is 10.5 Å². The summed E-state index contributed by atoms with van der Waals surface area (Å²) in [5, 5.41) is 3.28. The molecule has 2 aromatic rings. The van der Waals surface area contributed by atoms with Gasteiger partial charge in [-0.1, -0.05) is 57.2 Å². The van der Waals surface area contributed by atoms with E-state index < -0.39 is 0 Å². The van der Waals surface area contributed by atoms with Gasteiger partial charge >= 0.3 is 0 Å². The fourth-order valence-corrected chi connectivity index (χ4v) is 4.31. The molecule has 1 aliphatic rings. The zero-order valence-corrected chi connectivity index (χ0v) is 18.8. The predicted octanol–water partition coefficient (Wildman–Crippen LogP) is 4.07. The van der Waals surface area contributed by atoms with Crippen molar-refractivity contribution in [2.75, 3.05) is 18.4 Å². The largest absolute Gasteiger partial charge is 0.369 e. The second-order valence-electron chi connectivity index (χ2n) is 7.53. The first-order chi connectivity index (χ1) is 13.8. The van der Waals surface area contributed by atoms with Crippen LogP contribution in [0.1, 0.15) is 44.7 Å². The number of amides is 1. The molecule has 8 heteroatoms. The van der Waals surface area contributed by atoms with E-state index in [9.17, 15) is 9.59 Å². The first-order valence-electron chi connectivity index (χ1n) is 9.84. The van der Waals surface area contributed by atoms with Crippen molar-refractivity contribution in [2.24, 2.45) is 5.92 Å². The molecule has 0 aliphatic carbocycles. The Kier molecular flexibility index (Phi) is 6.74. The topological polar surface area (TPSA) is 66.7 Å². The van der Waals surface area contributed by atoms with Crippen LogP contribution in [0.15, 0.2) is 28.0 Å². The van der Waals surface area contributed by atoms with Crippen molar-refractivity contribution in [3.63, 3.8) is 0 Å². The Morgan fingerprint density at radius 2 is 2.10 bits per heavy atom. The fourth-order valence-electron chi connectivity index (χ4n) is 3.02. The molecule has 3 heterocycles. The molecule has 29 heavy (non-hydrogen) atoms. The van der Waals surface area contributed by atoms with Gasteiger partial charge in [0.1, 0.15) is 15.8 Å². The molecular weight excluding hydrogens is 404 g/mol. The summed E-state index contributed by atoms with van der Waals surface area (Å²) in [5.74, 6) is 0.737. The lowest BCUT2D eigenvalue weighted by atomic mass is 10.2. The van der Waals surface area contributed by atoms with E-state index >= 15 is 0 Å². The maximum atomic E-state index is 13.2. The van der Waals surface area contributed by atoms with Crippen molar-refractivity contribution in [3.05, 3.63) is 44.7 Å². The number of hydrogen-bond donors (Lipinski definition) is 1. The summed E-state index contributed by atoms with van der Waals surface area (Å²) in [4.78, 5) is 32.9. The molecule has 0 aromatic carbocycles. The smallest absolute Gasteiger partial charge is 0.267 e. The van der Waals surface area contributed by atoms with Gasteiger partial charge in [-0.05, 0) is 37.0 Å². The molecule has 1 N–H and O–H groups in total. The van der Waals surface area contributed by atoms with E-state index in [0.29, 0.717) is 45.3 Å². The molecule has 0 bridgehead atoms. The van der Waals surface area contributed by atoms with Crippen molar-refractivity contribution in [2.45, 2.75) is 40.5 Å². The minimum atomic E-state index is -0.205. The van der Waals surface area contributed by atoms with Crippen molar-refractivity contribution in [3.8, 4) is 0 Å². The fraction of sp³-hybridized carbons (Fsp3) is 0.429. The Labute approximate surface area is 180 Å². The average Bonchev–Trinajstić information content (AvgIpc) is 2.94. The summed E-state index contributed by atoms with van der Waals surface area (Å²) in [6.45, 7) is 9.45. The van der Waals surface area contributed by atoms with Gasteiger partial charge in [-0.2, -0.15) is 0 Å². The lowest BCUT2D eigenvalue weighted by Crippen LogP contribution is -2.29. The van der Waals surface area contributed by atoms with Crippen LogP contribution in [0.3, 0.4) is 0 Å². The predicted molar refractivity (Wildman–Crippen MR) is 124 cm³/mol. The van der Waals surface area contributed by atoms with Crippen LogP contribution in [-0.4, -0.2) is 37.6 Å². The number of rotatable bonds is 7. The van der Waals surface area contributed by atoms with Gasteiger partial charge in [-0.25, -0.2) is 4.98 Å². The number of nitrogens with zero attached hydrogens (tertiary/aromatic N) is 3. The van der Waals surface area contributed by atoms with Crippen molar-refractivity contribution in [1.29, 1.82) is 0 Å². The third-order valence-corrected chi connectivity index (χ3v) is 6.02. The SMILES string of the molecule is CCCCN1C(=O)/C(=C/c2c(NCC(C)C)nc3c(C)cccn3c2=O)SC1=S. The second-order valence-corrected chi connectivity index (χ2v) is 9.20. The monoisotopic (exact) mass is 430 g/mol. The van der Waals surface area contributed by atoms with Gasteiger partial charge in [-0.15, -0.1) is 0 Å². The van der Waals surface area contributed by atoms with Crippen molar-refractivity contribution in [1.82, 2.24) is 14.3 Å². The van der Waals surface area contributed by atoms with E-state index in [-0.39, 0.29) is 11.5 Å². The summed E-state index contributed by atoms with van der Waals surface area (Å²) in [6.07, 6.45) is 5.21. The van der Waals surface area contributed by atoms with Crippen LogP contribution in [-0.2, 0) is 4.79 Å². The number of thiocarbonyl (C=S) groups is 1. The van der Waals surface area contributed by atoms with Crippen LogP contribution in [0.5, 0.6) is 0 Å². The summed E-state index contributed by atoms with van der Waals surface area (Å²) < 4.78 is 2.07. The summed E-state index contributed by atoms with van der Waals surface area (Å²) in [6, 6.07) is 3.74. The number of carbonyl (C=O) groups is 1. The van der Waals surface area contributed by atoms with E-state index in [2.05, 4.69) is 26.1 Å².